The fourth-order valence-electron chi connectivity index (χ4n) is 2.74. The van der Waals surface area contributed by atoms with Gasteiger partial charge in [0.25, 0.3) is 0 Å². The maximum atomic E-state index is 10.9. The molecule has 1 aromatic carbocycles. The summed E-state index contributed by atoms with van der Waals surface area (Å²) in [5.41, 5.74) is 2.63. The van der Waals surface area contributed by atoms with Gasteiger partial charge in [0, 0.05) is 18.5 Å². The molecule has 0 aliphatic carbocycles. The fraction of sp³-hybridized carbons (Fsp3) is 0.421. The minimum Gasteiger partial charge on any atom is -0.481 e. The summed E-state index contributed by atoms with van der Waals surface area (Å²) in [6, 6.07) is 13.0. The molecule has 0 aliphatic heterocycles. The third kappa shape index (κ3) is 6.97. The van der Waals surface area contributed by atoms with Crippen molar-refractivity contribution in [2.75, 3.05) is 0 Å². The largest absolute Gasteiger partial charge is 0.481 e. The number of rotatable bonds is 10. The second-order valence-electron chi connectivity index (χ2n) is 6.06. The normalized spacial score (nSPS) is 13.6. The maximum absolute atomic E-state index is 10.9. The van der Waals surface area contributed by atoms with E-state index in [2.05, 4.69) is 41.2 Å². The van der Waals surface area contributed by atoms with Gasteiger partial charge in [0.15, 0.2) is 0 Å². The second kappa shape index (κ2) is 9.48. The van der Waals surface area contributed by atoms with Gasteiger partial charge in [-0.2, -0.15) is 11.3 Å². The lowest BCUT2D eigenvalue weighted by Gasteiger charge is -2.23. The van der Waals surface area contributed by atoms with E-state index in [0.717, 1.165) is 19.3 Å². The average Bonchev–Trinajstić information content (AvgIpc) is 3.05. The molecule has 23 heavy (non-hydrogen) atoms. The van der Waals surface area contributed by atoms with Crippen molar-refractivity contribution in [3.8, 4) is 0 Å². The highest BCUT2D eigenvalue weighted by Gasteiger charge is 2.14. The summed E-state index contributed by atoms with van der Waals surface area (Å²) < 4.78 is 0. The molecule has 124 valence electrons. The van der Waals surface area contributed by atoms with Crippen LogP contribution in [0.1, 0.15) is 37.3 Å². The molecule has 1 aromatic heterocycles. The van der Waals surface area contributed by atoms with Crippen LogP contribution in [0.5, 0.6) is 0 Å². The van der Waals surface area contributed by atoms with Crippen molar-refractivity contribution in [1.29, 1.82) is 0 Å². The van der Waals surface area contributed by atoms with Crippen LogP contribution in [-0.4, -0.2) is 23.2 Å². The summed E-state index contributed by atoms with van der Waals surface area (Å²) in [6.07, 6.45) is 3.87. The van der Waals surface area contributed by atoms with Gasteiger partial charge in [0.1, 0.15) is 0 Å². The first kappa shape index (κ1) is 17.7. The van der Waals surface area contributed by atoms with Crippen LogP contribution in [0.3, 0.4) is 0 Å². The summed E-state index contributed by atoms with van der Waals surface area (Å²) in [7, 11) is 0. The standard InChI is InChI=1S/C19H25NO2S/c1-15(7-8-17-11-12-23-14-17)20-18(9-10-19(21)22)13-16-5-3-2-4-6-16/h2-6,11-12,14-15,18,20H,7-10,13H2,1H3,(H,21,22). The van der Waals surface area contributed by atoms with E-state index >= 15 is 0 Å². The Hall–Kier alpha value is -1.65. The lowest BCUT2D eigenvalue weighted by Crippen LogP contribution is -2.38. The number of thiophene rings is 1. The van der Waals surface area contributed by atoms with E-state index in [1.807, 2.05) is 18.2 Å². The van der Waals surface area contributed by atoms with E-state index < -0.39 is 5.97 Å². The quantitative estimate of drug-likeness (QED) is 0.688. The predicted molar refractivity (Wildman–Crippen MR) is 96.0 cm³/mol. The van der Waals surface area contributed by atoms with Crippen LogP contribution in [0, 0.1) is 0 Å². The van der Waals surface area contributed by atoms with Crippen LogP contribution in [0.4, 0.5) is 0 Å². The molecule has 2 unspecified atom stereocenters. The number of hydrogen-bond donors (Lipinski definition) is 2. The van der Waals surface area contributed by atoms with Crippen LogP contribution in [0.25, 0.3) is 0 Å². The highest BCUT2D eigenvalue weighted by Crippen LogP contribution is 2.12. The summed E-state index contributed by atoms with van der Waals surface area (Å²) in [5, 5.41) is 16.9. The van der Waals surface area contributed by atoms with Crippen molar-refractivity contribution in [1.82, 2.24) is 5.32 Å². The summed E-state index contributed by atoms with van der Waals surface area (Å²) >= 11 is 1.73. The van der Waals surface area contributed by atoms with Gasteiger partial charge in [-0.3, -0.25) is 4.79 Å². The Morgan fingerprint density at radius 1 is 1.17 bits per heavy atom. The molecule has 0 bridgehead atoms. The second-order valence-corrected chi connectivity index (χ2v) is 6.84. The Labute approximate surface area is 142 Å². The average molecular weight is 331 g/mol. The first-order valence-electron chi connectivity index (χ1n) is 8.16. The molecular weight excluding hydrogens is 306 g/mol. The molecule has 2 N–H and O–H groups in total. The number of carbonyl (C=O) groups is 1. The molecule has 0 aliphatic rings. The number of nitrogens with one attached hydrogen (secondary N) is 1. The number of carboxylic acid groups (broad SMARTS) is 1. The van der Waals surface area contributed by atoms with Crippen molar-refractivity contribution < 1.29 is 9.90 Å². The molecule has 0 radical (unpaired) electrons. The lowest BCUT2D eigenvalue weighted by molar-refractivity contribution is -0.137. The van der Waals surface area contributed by atoms with Crippen molar-refractivity contribution in [3.05, 3.63) is 58.3 Å². The van der Waals surface area contributed by atoms with Gasteiger partial charge in [0.05, 0.1) is 0 Å². The van der Waals surface area contributed by atoms with E-state index in [1.54, 1.807) is 11.3 Å². The highest BCUT2D eigenvalue weighted by atomic mass is 32.1. The van der Waals surface area contributed by atoms with Crippen LogP contribution in [0.15, 0.2) is 47.2 Å². The van der Waals surface area contributed by atoms with Gasteiger partial charge in [0.2, 0.25) is 0 Å². The van der Waals surface area contributed by atoms with Gasteiger partial charge in [-0.1, -0.05) is 30.3 Å². The molecular formula is C19H25NO2S. The van der Waals surface area contributed by atoms with Crippen molar-refractivity contribution in [3.63, 3.8) is 0 Å². The van der Waals surface area contributed by atoms with Crippen LogP contribution in [0.2, 0.25) is 0 Å². The number of aryl methyl sites for hydroxylation is 1. The smallest absolute Gasteiger partial charge is 0.303 e. The molecule has 0 fully saturated rings. The molecule has 0 amide bonds. The van der Waals surface area contributed by atoms with Crippen LogP contribution >= 0.6 is 11.3 Å². The van der Waals surface area contributed by atoms with Gasteiger partial charge in [-0.15, -0.1) is 0 Å². The van der Waals surface area contributed by atoms with E-state index in [0.29, 0.717) is 12.5 Å². The Bertz CT molecular complexity index is 568. The summed E-state index contributed by atoms with van der Waals surface area (Å²) in [4.78, 5) is 10.9. The first-order valence-corrected chi connectivity index (χ1v) is 9.10. The van der Waals surface area contributed by atoms with Gasteiger partial charge < -0.3 is 10.4 Å². The third-order valence-corrected chi connectivity index (χ3v) is 4.73. The molecule has 4 heteroatoms. The molecule has 2 atom stereocenters. The van der Waals surface area contributed by atoms with E-state index in [9.17, 15) is 4.79 Å². The van der Waals surface area contributed by atoms with Crippen LogP contribution in [-0.2, 0) is 17.6 Å². The van der Waals surface area contributed by atoms with Crippen LogP contribution < -0.4 is 5.32 Å². The zero-order valence-electron chi connectivity index (χ0n) is 13.6. The lowest BCUT2D eigenvalue weighted by atomic mass is 10.00. The minimum atomic E-state index is -0.726. The summed E-state index contributed by atoms with van der Waals surface area (Å²) in [5.74, 6) is -0.726. The highest BCUT2D eigenvalue weighted by molar-refractivity contribution is 7.07. The zero-order chi connectivity index (χ0) is 16.5. The van der Waals surface area contributed by atoms with E-state index in [4.69, 9.17) is 5.11 Å². The van der Waals surface area contributed by atoms with Gasteiger partial charge >= 0.3 is 5.97 Å². The fourth-order valence-corrected chi connectivity index (χ4v) is 3.45. The van der Waals surface area contributed by atoms with E-state index in [-0.39, 0.29) is 12.5 Å². The number of carboxylic acids is 1. The monoisotopic (exact) mass is 331 g/mol. The maximum Gasteiger partial charge on any atom is 0.303 e. The SMILES string of the molecule is CC(CCc1ccsc1)NC(CCC(=O)O)Cc1ccccc1. The Balaban J connectivity index is 1.86. The number of benzene rings is 1. The third-order valence-electron chi connectivity index (χ3n) is 4.00. The Morgan fingerprint density at radius 2 is 1.96 bits per heavy atom. The molecule has 2 rings (SSSR count). The van der Waals surface area contributed by atoms with Gasteiger partial charge in [-0.25, -0.2) is 0 Å². The Morgan fingerprint density at radius 3 is 2.61 bits per heavy atom. The van der Waals surface area contributed by atoms with Crippen molar-refractivity contribution in [2.45, 2.75) is 51.1 Å². The minimum absolute atomic E-state index is 0.200. The molecule has 0 saturated heterocycles. The van der Waals surface area contributed by atoms with Crippen molar-refractivity contribution in [2.24, 2.45) is 0 Å². The molecule has 0 saturated carbocycles. The molecule has 2 aromatic rings. The number of aliphatic carboxylic acids is 1. The van der Waals surface area contributed by atoms with E-state index in [1.165, 1.54) is 11.1 Å². The summed E-state index contributed by atoms with van der Waals surface area (Å²) in [6.45, 7) is 2.19. The van der Waals surface area contributed by atoms with Gasteiger partial charge in [-0.05, 0) is 60.6 Å². The topological polar surface area (TPSA) is 49.3 Å². The first-order chi connectivity index (χ1) is 11.1. The van der Waals surface area contributed by atoms with Crippen molar-refractivity contribution >= 4 is 17.3 Å². The zero-order valence-corrected chi connectivity index (χ0v) is 14.4. The Kier molecular flexibility index (Phi) is 7.30. The molecule has 0 spiro atoms. The molecule has 1 heterocycles. The predicted octanol–water partition coefficient (Wildman–Crippen LogP) is 4.13. The number of hydrogen-bond acceptors (Lipinski definition) is 3. The molecule has 3 nitrogen and oxygen atoms in total.